The molecule has 0 spiro atoms. The second-order valence-electron chi connectivity index (χ2n) is 9.56. The number of anilines is 2. The van der Waals surface area contributed by atoms with Crippen LogP contribution in [0, 0.1) is 0 Å². The van der Waals surface area contributed by atoms with Crippen molar-refractivity contribution in [3.05, 3.63) is 93.5 Å². The minimum absolute atomic E-state index is 0.0301. The first kappa shape index (κ1) is 27.7. The van der Waals surface area contributed by atoms with Gasteiger partial charge in [-0.25, -0.2) is 8.42 Å². The smallest absolute Gasteiger partial charge is 0.247 e. The Morgan fingerprint density at radius 2 is 1.56 bits per heavy atom. The fourth-order valence-electron chi connectivity index (χ4n) is 3.71. The zero-order valence-corrected chi connectivity index (χ0v) is 23.0. The largest absolute Gasteiger partial charge is 0.324 e. The van der Waals surface area contributed by atoms with Crippen LogP contribution < -0.4 is 9.62 Å². The molecule has 0 aliphatic rings. The lowest BCUT2D eigenvalue weighted by Crippen LogP contribution is -2.45. The molecule has 1 N–H and O–H groups in total. The number of nitrogens with one attached hydrogen (secondary N) is 1. The summed E-state index contributed by atoms with van der Waals surface area (Å²) in [5.74, 6) is -0.793. The number of halogens is 2. The van der Waals surface area contributed by atoms with E-state index in [0.29, 0.717) is 16.8 Å². The fraction of sp³-hybridized carbons (Fsp3) is 0.259. The molecule has 0 aliphatic heterocycles. The lowest BCUT2D eigenvalue weighted by Gasteiger charge is -2.29. The van der Waals surface area contributed by atoms with Crippen LogP contribution in [0.2, 0.25) is 10.0 Å². The second-order valence-corrected chi connectivity index (χ2v) is 12.3. The van der Waals surface area contributed by atoms with Gasteiger partial charge in [-0.05, 0) is 48.2 Å². The van der Waals surface area contributed by atoms with E-state index < -0.39 is 22.0 Å². The Hall–Kier alpha value is -2.87. The number of rotatable bonds is 7. The monoisotopic (exact) mass is 546 g/mol. The van der Waals surface area contributed by atoms with Crippen LogP contribution in [0.1, 0.15) is 49.2 Å². The lowest BCUT2D eigenvalue weighted by atomic mass is 9.86. The maximum atomic E-state index is 13.1. The maximum Gasteiger partial charge on any atom is 0.247 e. The number of amides is 1. The first-order chi connectivity index (χ1) is 16.7. The van der Waals surface area contributed by atoms with Crippen LogP contribution in [-0.4, -0.2) is 32.4 Å². The Morgan fingerprint density at radius 3 is 2.14 bits per heavy atom. The van der Waals surface area contributed by atoms with Gasteiger partial charge in [-0.3, -0.25) is 13.9 Å². The molecule has 1 atom stereocenters. The molecule has 1 amide bonds. The summed E-state index contributed by atoms with van der Waals surface area (Å²) < 4.78 is 26.1. The van der Waals surface area contributed by atoms with E-state index in [9.17, 15) is 18.0 Å². The van der Waals surface area contributed by atoms with Gasteiger partial charge in [0.1, 0.15) is 6.04 Å². The molecule has 0 bridgehead atoms. The van der Waals surface area contributed by atoms with Crippen LogP contribution in [0.5, 0.6) is 0 Å². The third-order valence-electron chi connectivity index (χ3n) is 5.64. The Kier molecular flexibility index (Phi) is 8.18. The van der Waals surface area contributed by atoms with Crippen molar-refractivity contribution in [2.45, 2.75) is 39.2 Å². The van der Waals surface area contributed by atoms with E-state index in [0.717, 1.165) is 16.1 Å². The van der Waals surface area contributed by atoms with Crippen molar-refractivity contribution in [3.8, 4) is 0 Å². The molecule has 3 aromatic carbocycles. The van der Waals surface area contributed by atoms with E-state index in [-0.39, 0.29) is 26.9 Å². The zero-order chi connectivity index (χ0) is 26.8. The van der Waals surface area contributed by atoms with Crippen molar-refractivity contribution in [1.82, 2.24) is 0 Å². The molecular formula is C27H28Cl2N2O4S. The summed E-state index contributed by atoms with van der Waals surface area (Å²) in [7, 11) is -3.89. The molecule has 0 heterocycles. The molecule has 36 heavy (non-hydrogen) atoms. The van der Waals surface area contributed by atoms with Crippen molar-refractivity contribution in [1.29, 1.82) is 0 Å². The van der Waals surface area contributed by atoms with Crippen molar-refractivity contribution in [2.75, 3.05) is 15.9 Å². The normalized spacial score (nSPS) is 12.6. The zero-order valence-electron chi connectivity index (χ0n) is 20.7. The Morgan fingerprint density at radius 1 is 0.917 bits per heavy atom. The minimum Gasteiger partial charge on any atom is -0.324 e. The summed E-state index contributed by atoms with van der Waals surface area (Å²) >= 11 is 12.3. The Balaban J connectivity index is 1.84. The van der Waals surface area contributed by atoms with Crippen LogP contribution >= 0.6 is 23.2 Å². The third kappa shape index (κ3) is 6.46. The highest BCUT2D eigenvalue weighted by molar-refractivity contribution is 7.92. The van der Waals surface area contributed by atoms with E-state index in [1.165, 1.54) is 25.1 Å². The molecule has 0 aliphatic carbocycles. The van der Waals surface area contributed by atoms with Gasteiger partial charge in [-0.1, -0.05) is 80.4 Å². The number of ketones is 1. The molecule has 9 heteroatoms. The van der Waals surface area contributed by atoms with E-state index in [1.54, 1.807) is 36.4 Å². The highest BCUT2D eigenvalue weighted by atomic mass is 35.5. The molecule has 0 aromatic heterocycles. The van der Waals surface area contributed by atoms with Gasteiger partial charge in [-0.2, -0.15) is 0 Å². The minimum atomic E-state index is -3.89. The lowest BCUT2D eigenvalue weighted by molar-refractivity contribution is -0.116. The standard InChI is InChI=1S/C27H28Cl2N2O4S/c1-17(31(36(5,34)35)24-16-21(28)13-14-23(24)29)26(33)30-22-8-6-7-19(15-22)25(32)18-9-11-20(12-10-18)27(2,3)4/h6-17H,1-5H3,(H,30,33)/t17-/m1/s1. The summed E-state index contributed by atoms with van der Waals surface area (Å²) in [4.78, 5) is 26.1. The summed E-state index contributed by atoms with van der Waals surface area (Å²) in [6, 6.07) is 17.2. The van der Waals surface area contributed by atoms with Gasteiger partial charge in [-0.15, -0.1) is 0 Å². The van der Waals surface area contributed by atoms with Crippen LogP contribution in [-0.2, 0) is 20.2 Å². The van der Waals surface area contributed by atoms with Crippen LogP contribution in [0.4, 0.5) is 11.4 Å². The highest BCUT2D eigenvalue weighted by Gasteiger charge is 2.31. The van der Waals surface area contributed by atoms with Crippen molar-refractivity contribution >= 4 is 56.3 Å². The van der Waals surface area contributed by atoms with E-state index in [2.05, 4.69) is 26.1 Å². The predicted octanol–water partition coefficient (Wildman–Crippen LogP) is 6.32. The van der Waals surface area contributed by atoms with Crippen LogP contribution in [0.25, 0.3) is 0 Å². The Labute approximate surface area is 222 Å². The number of carbonyl (C=O) groups is 2. The maximum absolute atomic E-state index is 13.1. The molecular weight excluding hydrogens is 519 g/mol. The predicted molar refractivity (Wildman–Crippen MR) is 147 cm³/mol. The number of hydrogen-bond donors (Lipinski definition) is 1. The van der Waals surface area contributed by atoms with Crippen molar-refractivity contribution in [2.24, 2.45) is 0 Å². The molecule has 0 saturated carbocycles. The number of benzene rings is 3. The van der Waals surface area contributed by atoms with Gasteiger partial charge in [0, 0.05) is 21.8 Å². The molecule has 6 nitrogen and oxygen atoms in total. The average molecular weight is 548 g/mol. The molecule has 0 radical (unpaired) electrons. The Bertz CT molecular complexity index is 1400. The quantitative estimate of drug-likeness (QED) is 0.351. The van der Waals surface area contributed by atoms with Gasteiger partial charge in [0.25, 0.3) is 0 Å². The number of nitrogens with zero attached hydrogens (tertiary/aromatic N) is 1. The van der Waals surface area contributed by atoms with Crippen LogP contribution in [0.15, 0.2) is 66.7 Å². The average Bonchev–Trinajstić information content (AvgIpc) is 2.79. The van der Waals surface area contributed by atoms with E-state index in [4.69, 9.17) is 23.2 Å². The third-order valence-corrected chi connectivity index (χ3v) is 7.42. The topological polar surface area (TPSA) is 83.6 Å². The van der Waals surface area contributed by atoms with E-state index >= 15 is 0 Å². The summed E-state index contributed by atoms with van der Waals surface area (Å²) in [6.07, 6.45) is 0.984. The van der Waals surface area contributed by atoms with Gasteiger partial charge >= 0.3 is 0 Å². The summed E-state index contributed by atoms with van der Waals surface area (Å²) in [5, 5.41) is 3.11. The highest BCUT2D eigenvalue weighted by Crippen LogP contribution is 2.32. The number of hydrogen-bond acceptors (Lipinski definition) is 4. The molecule has 0 fully saturated rings. The van der Waals surface area contributed by atoms with Gasteiger partial charge in [0.2, 0.25) is 15.9 Å². The summed E-state index contributed by atoms with van der Waals surface area (Å²) in [6.45, 7) is 7.74. The first-order valence-electron chi connectivity index (χ1n) is 11.2. The van der Waals surface area contributed by atoms with Crippen molar-refractivity contribution < 1.29 is 18.0 Å². The van der Waals surface area contributed by atoms with Gasteiger partial charge < -0.3 is 5.32 Å². The van der Waals surface area contributed by atoms with E-state index in [1.807, 2.05) is 12.1 Å². The molecule has 0 saturated heterocycles. The molecule has 190 valence electrons. The fourth-order valence-corrected chi connectivity index (χ4v) is 5.31. The molecule has 3 rings (SSSR count). The van der Waals surface area contributed by atoms with Crippen LogP contribution in [0.3, 0.4) is 0 Å². The van der Waals surface area contributed by atoms with Crippen molar-refractivity contribution in [3.63, 3.8) is 0 Å². The first-order valence-corrected chi connectivity index (χ1v) is 13.8. The molecule has 0 unspecified atom stereocenters. The number of carbonyl (C=O) groups excluding carboxylic acids is 2. The molecule has 3 aromatic rings. The summed E-state index contributed by atoms with van der Waals surface area (Å²) in [5.41, 5.74) is 2.45. The van der Waals surface area contributed by atoms with Gasteiger partial charge in [0.15, 0.2) is 5.78 Å². The second kappa shape index (κ2) is 10.6. The number of sulfonamides is 1. The van der Waals surface area contributed by atoms with Gasteiger partial charge in [0.05, 0.1) is 17.0 Å². The SMILES string of the molecule is C[C@H](C(=O)Nc1cccc(C(=O)c2ccc(C(C)(C)C)cc2)c1)N(c1cc(Cl)ccc1Cl)S(C)(=O)=O.